The zero-order valence-electron chi connectivity index (χ0n) is 9.47. The molecule has 0 aliphatic rings. The highest BCUT2D eigenvalue weighted by Gasteiger charge is 2.01. The van der Waals surface area contributed by atoms with E-state index in [0.29, 0.717) is 0 Å². The predicted octanol–water partition coefficient (Wildman–Crippen LogP) is 4.14. The second kappa shape index (κ2) is 4.74. The van der Waals surface area contributed by atoms with Crippen LogP contribution in [-0.4, -0.2) is 9.97 Å². The van der Waals surface area contributed by atoms with E-state index in [0.717, 1.165) is 26.8 Å². The number of aromatic nitrogens is 2. The fourth-order valence-electron chi connectivity index (χ4n) is 1.85. The van der Waals surface area contributed by atoms with Crippen molar-refractivity contribution >= 4 is 38.2 Å². The number of nitrogens with one attached hydrogen (secondary N) is 1. The minimum absolute atomic E-state index is 0.945. The number of pyridine rings is 2. The predicted molar refractivity (Wildman–Crippen MR) is 77.0 cm³/mol. The summed E-state index contributed by atoms with van der Waals surface area (Å²) in [5, 5.41) is 4.45. The third-order valence-electron chi connectivity index (χ3n) is 2.63. The van der Waals surface area contributed by atoms with Crippen LogP contribution in [0.5, 0.6) is 0 Å². The van der Waals surface area contributed by atoms with Gasteiger partial charge in [-0.15, -0.1) is 0 Å². The van der Waals surface area contributed by atoms with E-state index in [2.05, 4.69) is 37.3 Å². The maximum absolute atomic E-state index is 4.34. The van der Waals surface area contributed by atoms with Gasteiger partial charge in [0.15, 0.2) is 0 Å². The van der Waals surface area contributed by atoms with E-state index >= 15 is 0 Å². The summed E-state index contributed by atoms with van der Waals surface area (Å²) >= 11 is 3.41. The Hall–Kier alpha value is -1.94. The van der Waals surface area contributed by atoms with E-state index in [1.165, 1.54) is 0 Å². The first-order chi connectivity index (χ1) is 8.83. The van der Waals surface area contributed by atoms with Crippen LogP contribution in [0, 0.1) is 0 Å². The number of hydrogen-bond acceptors (Lipinski definition) is 3. The lowest BCUT2D eigenvalue weighted by atomic mass is 10.2. The summed E-state index contributed by atoms with van der Waals surface area (Å²) in [4.78, 5) is 8.47. The molecule has 3 nitrogen and oxygen atoms in total. The molecule has 0 amide bonds. The van der Waals surface area contributed by atoms with E-state index in [1.807, 2.05) is 30.3 Å². The lowest BCUT2D eigenvalue weighted by molar-refractivity contribution is 1.30. The SMILES string of the molecule is Brc1cncc(Nc2cccc3ncccc23)c1. The highest BCUT2D eigenvalue weighted by atomic mass is 79.9. The second-order valence-corrected chi connectivity index (χ2v) is 4.81. The summed E-state index contributed by atoms with van der Waals surface area (Å²) in [6.07, 6.45) is 5.35. The maximum Gasteiger partial charge on any atom is 0.0722 e. The van der Waals surface area contributed by atoms with Crippen LogP contribution in [0.4, 0.5) is 11.4 Å². The molecule has 3 rings (SSSR count). The molecule has 3 aromatic rings. The van der Waals surface area contributed by atoms with Crippen molar-refractivity contribution < 1.29 is 0 Å². The molecule has 18 heavy (non-hydrogen) atoms. The van der Waals surface area contributed by atoms with Crippen molar-refractivity contribution in [2.45, 2.75) is 0 Å². The van der Waals surface area contributed by atoms with Crippen LogP contribution in [0.15, 0.2) is 59.5 Å². The summed E-state index contributed by atoms with van der Waals surface area (Å²) in [6, 6.07) is 12.0. The smallest absolute Gasteiger partial charge is 0.0722 e. The number of anilines is 2. The van der Waals surface area contributed by atoms with Crippen molar-refractivity contribution in [2.24, 2.45) is 0 Å². The van der Waals surface area contributed by atoms with Crippen LogP contribution in [0.3, 0.4) is 0 Å². The van der Waals surface area contributed by atoms with Gasteiger partial charge in [-0.3, -0.25) is 9.97 Å². The Bertz CT molecular complexity index is 692. The van der Waals surface area contributed by atoms with Crippen molar-refractivity contribution in [1.82, 2.24) is 9.97 Å². The first-order valence-corrected chi connectivity index (χ1v) is 6.33. The number of hydrogen-bond donors (Lipinski definition) is 1. The molecular formula is C14H10BrN3. The average Bonchev–Trinajstić information content (AvgIpc) is 2.39. The molecule has 0 fully saturated rings. The van der Waals surface area contributed by atoms with Gasteiger partial charge in [0.2, 0.25) is 0 Å². The van der Waals surface area contributed by atoms with Crippen LogP contribution in [0.2, 0.25) is 0 Å². The highest BCUT2D eigenvalue weighted by Crippen LogP contribution is 2.25. The largest absolute Gasteiger partial charge is 0.354 e. The summed E-state index contributed by atoms with van der Waals surface area (Å²) in [6.45, 7) is 0. The van der Waals surface area contributed by atoms with E-state index in [4.69, 9.17) is 0 Å². The number of nitrogens with zero attached hydrogens (tertiary/aromatic N) is 2. The molecule has 0 aliphatic heterocycles. The molecule has 0 unspecified atom stereocenters. The first-order valence-electron chi connectivity index (χ1n) is 5.54. The van der Waals surface area contributed by atoms with Gasteiger partial charge >= 0.3 is 0 Å². The molecule has 1 N–H and O–H groups in total. The zero-order valence-corrected chi connectivity index (χ0v) is 11.1. The first kappa shape index (κ1) is 11.2. The third kappa shape index (κ3) is 2.19. The molecule has 0 atom stereocenters. The van der Waals surface area contributed by atoms with E-state index < -0.39 is 0 Å². The topological polar surface area (TPSA) is 37.8 Å². The Kier molecular flexibility index (Phi) is 2.94. The number of benzene rings is 1. The molecule has 0 saturated carbocycles. The standard InChI is InChI=1S/C14H10BrN3/c15-10-7-11(9-16-8-10)18-14-5-1-4-13-12(14)3-2-6-17-13/h1-9,18H. The molecule has 0 saturated heterocycles. The lowest BCUT2D eigenvalue weighted by Gasteiger charge is -2.09. The van der Waals surface area contributed by atoms with Crippen LogP contribution in [0.25, 0.3) is 10.9 Å². The molecule has 2 heterocycles. The molecule has 0 radical (unpaired) electrons. The lowest BCUT2D eigenvalue weighted by Crippen LogP contribution is -1.92. The van der Waals surface area contributed by atoms with Crippen LogP contribution < -0.4 is 5.32 Å². The minimum Gasteiger partial charge on any atom is -0.354 e. The van der Waals surface area contributed by atoms with Gasteiger partial charge in [0, 0.05) is 27.9 Å². The minimum atomic E-state index is 0.945. The molecule has 2 aromatic heterocycles. The van der Waals surface area contributed by atoms with Crippen LogP contribution in [-0.2, 0) is 0 Å². The Morgan fingerprint density at radius 2 is 2.00 bits per heavy atom. The van der Waals surface area contributed by atoms with E-state index in [-0.39, 0.29) is 0 Å². The monoisotopic (exact) mass is 299 g/mol. The van der Waals surface area contributed by atoms with Crippen molar-refractivity contribution in [2.75, 3.05) is 5.32 Å². The molecule has 0 spiro atoms. The Balaban J connectivity index is 2.05. The number of halogens is 1. The van der Waals surface area contributed by atoms with Gasteiger partial charge < -0.3 is 5.32 Å². The van der Waals surface area contributed by atoms with Crippen LogP contribution in [0.1, 0.15) is 0 Å². The van der Waals surface area contributed by atoms with E-state index in [1.54, 1.807) is 18.6 Å². The van der Waals surface area contributed by atoms with Gasteiger partial charge in [0.25, 0.3) is 0 Å². The summed E-state index contributed by atoms with van der Waals surface area (Å²) in [5.74, 6) is 0. The molecular weight excluding hydrogens is 290 g/mol. The zero-order chi connectivity index (χ0) is 12.4. The molecule has 88 valence electrons. The van der Waals surface area contributed by atoms with E-state index in [9.17, 15) is 0 Å². The number of fused-ring (bicyclic) bond motifs is 1. The van der Waals surface area contributed by atoms with Gasteiger partial charge in [-0.2, -0.15) is 0 Å². The van der Waals surface area contributed by atoms with Gasteiger partial charge in [0.1, 0.15) is 0 Å². The fraction of sp³-hybridized carbons (Fsp3) is 0. The summed E-state index contributed by atoms with van der Waals surface area (Å²) in [5.41, 5.74) is 2.95. The number of rotatable bonds is 2. The summed E-state index contributed by atoms with van der Waals surface area (Å²) < 4.78 is 0.950. The molecule has 1 aromatic carbocycles. The summed E-state index contributed by atoms with van der Waals surface area (Å²) in [7, 11) is 0. The average molecular weight is 300 g/mol. The maximum atomic E-state index is 4.34. The van der Waals surface area contributed by atoms with Gasteiger partial charge in [0.05, 0.1) is 17.4 Å². The van der Waals surface area contributed by atoms with Crippen molar-refractivity contribution in [3.63, 3.8) is 0 Å². The van der Waals surface area contributed by atoms with Gasteiger partial charge in [-0.05, 0) is 46.3 Å². The highest BCUT2D eigenvalue weighted by molar-refractivity contribution is 9.10. The van der Waals surface area contributed by atoms with Crippen molar-refractivity contribution in [3.8, 4) is 0 Å². The van der Waals surface area contributed by atoms with Gasteiger partial charge in [-0.1, -0.05) is 6.07 Å². The molecule has 4 heteroatoms. The Labute approximate surface area is 113 Å². The molecule has 0 aliphatic carbocycles. The Morgan fingerprint density at radius 3 is 2.89 bits per heavy atom. The van der Waals surface area contributed by atoms with Crippen molar-refractivity contribution in [1.29, 1.82) is 0 Å². The van der Waals surface area contributed by atoms with Crippen molar-refractivity contribution in [3.05, 3.63) is 59.5 Å². The Morgan fingerprint density at radius 1 is 1.06 bits per heavy atom. The van der Waals surface area contributed by atoms with Gasteiger partial charge in [-0.25, -0.2) is 0 Å². The molecule has 0 bridgehead atoms. The second-order valence-electron chi connectivity index (χ2n) is 3.89. The normalized spacial score (nSPS) is 10.5. The van der Waals surface area contributed by atoms with Crippen LogP contribution >= 0.6 is 15.9 Å². The fourth-order valence-corrected chi connectivity index (χ4v) is 2.21. The quantitative estimate of drug-likeness (QED) is 0.773. The third-order valence-corrected chi connectivity index (χ3v) is 3.06.